The first-order valence-corrected chi connectivity index (χ1v) is 9.60. The highest BCUT2D eigenvalue weighted by molar-refractivity contribution is 9.10. The number of nitrogens with one attached hydrogen (secondary N) is 2. The van der Waals surface area contributed by atoms with Crippen LogP contribution in [0.25, 0.3) is 16.6 Å². The Bertz CT molecular complexity index is 1020. The Hall–Kier alpha value is -1.94. The molecule has 0 spiro atoms. The Kier molecular flexibility index (Phi) is 3.88. The van der Waals surface area contributed by atoms with E-state index >= 15 is 0 Å². The molecular weight excluding hydrogens is 386 g/mol. The minimum Gasteiger partial charge on any atom is -0.350 e. The van der Waals surface area contributed by atoms with Crippen molar-refractivity contribution in [3.63, 3.8) is 0 Å². The van der Waals surface area contributed by atoms with Crippen LogP contribution in [0.2, 0.25) is 0 Å². The molecule has 23 heavy (non-hydrogen) atoms. The molecule has 0 saturated carbocycles. The van der Waals surface area contributed by atoms with Crippen molar-refractivity contribution in [1.29, 1.82) is 0 Å². The molecule has 0 fully saturated rings. The lowest BCUT2D eigenvalue weighted by Gasteiger charge is -2.01. The quantitative estimate of drug-likeness (QED) is 0.681. The molecule has 0 aliphatic rings. The molecule has 2 N–H and O–H groups in total. The number of carbonyl (C=O) groups excluding carboxylic acids is 1. The normalized spacial score (nSPS) is 12.1. The Labute approximate surface area is 140 Å². The van der Waals surface area contributed by atoms with Crippen LogP contribution >= 0.6 is 15.9 Å². The number of aromatic nitrogens is 4. The predicted molar refractivity (Wildman–Crippen MR) is 89.3 cm³/mol. The fourth-order valence-electron chi connectivity index (χ4n) is 2.26. The molecular formula is C13H14BrN5O3S. The first kappa shape index (κ1) is 15.9. The number of fused-ring (bicyclic) bond motifs is 3. The van der Waals surface area contributed by atoms with Crippen molar-refractivity contribution in [2.75, 3.05) is 18.6 Å². The van der Waals surface area contributed by atoms with Crippen molar-refractivity contribution >= 4 is 48.2 Å². The van der Waals surface area contributed by atoms with Crippen LogP contribution in [-0.4, -0.2) is 52.5 Å². The van der Waals surface area contributed by atoms with E-state index in [9.17, 15) is 13.2 Å². The summed E-state index contributed by atoms with van der Waals surface area (Å²) in [6.07, 6.45) is 2.97. The number of carbonyl (C=O) groups is 1. The molecule has 0 unspecified atom stereocenters. The molecule has 0 saturated heterocycles. The topological polar surface area (TPSA) is 109 Å². The summed E-state index contributed by atoms with van der Waals surface area (Å²) in [7, 11) is -3.11. The molecule has 3 aromatic heterocycles. The van der Waals surface area contributed by atoms with E-state index in [0.29, 0.717) is 16.9 Å². The van der Waals surface area contributed by atoms with Gasteiger partial charge in [0, 0.05) is 28.9 Å². The molecule has 0 aliphatic heterocycles. The van der Waals surface area contributed by atoms with Gasteiger partial charge in [-0.2, -0.15) is 0 Å². The van der Waals surface area contributed by atoms with E-state index in [4.69, 9.17) is 0 Å². The summed E-state index contributed by atoms with van der Waals surface area (Å²) in [6, 6.07) is 1.69. The largest absolute Gasteiger partial charge is 0.350 e. The predicted octanol–water partition coefficient (Wildman–Crippen LogP) is 1.06. The Balaban J connectivity index is 1.95. The smallest absolute Gasteiger partial charge is 0.267 e. The van der Waals surface area contributed by atoms with E-state index in [-0.39, 0.29) is 18.2 Å². The Morgan fingerprint density at radius 2 is 2.17 bits per heavy atom. The molecule has 1 amide bonds. The van der Waals surface area contributed by atoms with Crippen molar-refractivity contribution in [2.45, 2.75) is 6.92 Å². The number of hydrogen-bond donors (Lipinski definition) is 2. The van der Waals surface area contributed by atoms with E-state index in [1.807, 2.05) is 17.5 Å². The zero-order valence-corrected chi connectivity index (χ0v) is 14.8. The van der Waals surface area contributed by atoms with E-state index in [0.717, 1.165) is 21.9 Å². The molecule has 0 atom stereocenters. The lowest BCUT2D eigenvalue weighted by Crippen LogP contribution is -2.28. The van der Waals surface area contributed by atoms with Gasteiger partial charge >= 0.3 is 0 Å². The van der Waals surface area contributed by atoms with Crippen molar-refractivity contribution in [3.05, 3.63) is 28.3 Å². The molecule has 3 heterocycles. The van der Waals surface area contributed by atoms with E-state index in [1.54, 1.807) is 6.07 Å². The highest BCUT2D eigenvalue weighted by Gasteiger charge is 2.16. The monoisotopic (exact) mass is 399 g/mol. The number of nitrogens with zero attached hydrogens (tertiary/aromatic N) is 3. The van der Waals surface area contributed by atoms with Gasteiger partial charge in [0.15, 0.2) is 5.65 Å². The van der Waals surface area contributed by atoms with Gasteiger partial charge in [0.1, 0.15) is 21.4 Å². The maximum absolute atomic E-state index is 12.2. The molecule has 0 aromatic carbocycles. The number of sulfone groups is 1. The van der Waals surface area contributed by atoms with Crippen LogP contribution in [0.4, 0.5) is 0 Å². The molecule has 0 bridgehead atoms. The number of amides is 1. The molecule has 3 aromatic rings. The Morgan fingerprint density at radius 1 is 1.43 bits per heavy atom. The molecule has 10 heteroatoms. The highest BCUT2D eigenvalue weighted by Crippen LogP contribution is 2.27. The average Bonchev–Trinajstić information content (AvgIpc) is 3.03. The fraction of sp³-hybridized carbons (Fsp3) is 0.308. The summed E-state index contributed by atoms with van der Waals surface area (Å²) < 4.78 is 24.8. The minimum absolute atomic E-state index is 0.0631. The van der Waals surface area contributed by atoms with Crippen LogP contribution in [-0.2, 0) is 9.84 Å². The molecule has 0 aliphatic carbocycles. The maximum atomic E-state index is 12.2. The van der Waals surface area contributed by atoms with Gasteiger partial charge in [-0.15, -0.1) is 10.2 Å². The lowest BCUT2D eigenvalue weighted by molar-refractivity contribution is 0.0952. The van der Waals surface area contributed by atoms with Gasteiger partial charge in [-0.3, -0.25) is 9.20 Å². The number of halogens is 1. The van der Waals surface area contributed by atoms with Gasteiger partial charge in [0.2, 0.25) is 0 Å². The molecule has 122 valence electrons. The number of aryl methyl sites for hydroxylation is 1. The van der Waals surface area contributed by atoms with Gasteiger partial charge in [-0.25, -0.2) is 8.42 Å². The van der Waals surface area contributed by atoms with Crippen LogP contribution in [0.3, 0.4) is 0 Å². The first-order valence-electron chi connectivity index (χ1n) is 6.75. The van der Waals surface area contributed by atoms with E-state index in [1.165, 1.54) is 0 Å². The van der Waals surface area contributed by atoms with Crippen molar-refractivity contribution in [2.24, 2.45) is 0 Å². The average molecular weight is 400 g/mol. The summed E-state index contributed by atoms with van der Waals surface area (Å²) in [5, 5.41) is 11.5. The van der Waals surface area contributed by atoms with E-state index < -0.39 is 9.84 Å². The van der Waals surface area contributed by atoms with Gasteiger partial charge in [0.05, 0.1) is 11.3 Å². The second kappa shape index (κ2) is 5.60. The standard InChI is InChI=1S/C13H14BrN5O3S/c1-7-17-18-12-11-8(9(14)6-19(7)12)5-10(16-11)13(20)15-3-4-23(2,21)22/h5-6,16H,3-4H2,1-2H3,(H,15,20). The van der Waals surface area contributed by atoms with Crippen molar-refractivity contribution < 1.29 is 13.2 Å². The van der Waals surface area contributed by atoms with E-state index in [2.05, 4.69) is 36.4 Å². The Morgan fingerprint density at radius 3 is 2.87 bits per heavy atom. The summed E-state index contributed by atoms with van der Waals surface area (Å²) in [5.74, 6) is 0.263. The summed E-state index contributed by atoms with van der Waals surface area (Å²) in [4.78, 5) is 15.2. The van der Waals surface area contributed by atoms with Crippen molar-refractivity contribution in [3.8, 4) is 0 Å². The fourth-order valence-corrected chi connectivity index (χ4v) is 3.25. The molecule has 8 nitrogen and oxygen atoms in total. The van der Waals surface area contributed by atoms with Crippen LogP contribution in [0, 0.1) is 6.92 Å². The third-order valence-electron chi connectivity index (χ3n) is 3.41. The third-order valence-corrected chi connectivity index (χ3v) is 4.99. The van der Waals surface area contributed by atoms with Gasteiger partial charge in [-0.1, -0.05) is 0 Å². The van der Waals surface area contributed by atoms with Gasteiger partial charge in [-0.05, 0) is 28.9 Å². The highest BCUT2D eigenvalue weighted by atomic mass is 79.9. The molecule has 3 rings (SSSR count). The van der Waals surface area contributed by atoms with Crippen LogP contribution in [0.15, 0.2) is 16.7 Å². The van der Waals surface area contributed by atoms with Crippen molar-refractivity contribution in [1.82, 2.24) is 24.9 Å². The summed E-state index contributed by atoms with van der Waals surface area (Å²) >= 11 is 3.47. The minimum atomic E-state index is -3.11. The SMILES string of the molecule is Cc1nnc2c3[nH]c(C(=O)NCCS(C)(=O)=O)cc3c(Br)cn12. The number of H-pyrrole nitrogens is 1. The zero-order chi connectivity index (χ0) is 16.8. The number of aromatic amines is 1. The first-order chi connectivity index (χ1) is 10.8. The lowest BCUT2D eigenvalue weighted by atomic mass is 10.3. The van der Waals surface area contributed by atoms with Crippen LogP contribution < -0.4 is 5.32 Å². The summed E-state index contributed by atoms with van der Waals surface area (Å²) in [5.41, 5.74) is 1.65. The van der Waals surface area contributed by atoms with Crippen LogP contribution in [0.5, 0.6) is 0 Å². The van der Waals surface area contributed by atoms with Gasteiger partial charge < -0.3 is 10.3 Å². The third kappa shape index (κ3) is 3.08. The number of hydrogen-bond acceptors (Lipinski definition) is 5. The second-order valence-corrected chi connectivity index (χ2v) is 8.39. The maximum Gasteiger partial charge on any atom is 0.267 e. The number of rotatable bonds is 4. The summed E-state index contributed by atoms with van der Waals surface area (Å²) in [6.45, 7) is 1.90. The van der Waals surface area contributed by atoms with Crippen LogP contribution in [0.1, 0.15) is 16.3 Å². The number of pyridine rings is 1. The second-order valence-electron chi connectivity index (χ2n) is 5.28. The zero-order valence-electron chi connectivity index (χ0n) is 12.4. The molecule has 0 radical (unpaired) electrons. The van der Waals surface area contributed by atoms with Gasteiger partial charge in [0.25, 0.3) is 5.91 Å².